The minimum absolute atomic E-state index is 0.0276. The molecule has 0 radical (unpaired) electrons. The summed E-state index contributed by atoms with van der Waals surface area (Å²) in [7, 11) is 0. The van der Waals surface area contributed by atoms with Crippen LogP contribution in [0.25, 0.3) is 21.8 Å². The molecule has 2 aliphatic carbocycles. The first-order valence-electron chi connectivity index (χ1n) is 28.1. The number of fused-ring (bicyclic) bond motifs is 6. The van der Waals surface area contributed by atoms with Gasteiger partial charge in [-0.1, -0.05) is 12.1 Å². The number of aliphatic hydroxyl groups is 2. The Morgan fingerprint density at radius 3 is 1.62 bits per heavy atom. The van der Waals surface area contributed by atoms with Crippen LogP contribution in [0.3, 0.4) is 0 Å². The number of hydrogen-bond donors (Lipinski definition) is 6. The van der Waals surface area contributed by atoms with Crippen molar-refractivity contribution in [2.24, 2.45) is 23.7 Å². The number of aliphatic hydroxyl groups excluding tert-OH is 2. The van der Waals surface area contributed by atoms with Gasteiger partial charge in [-0.2, -0.15) is 10.2 Å². The Labute approximate surface area is 502 Å². The molecule has 2 aromatic carbocycles. The number of carbonyl (C=O) groups is 6. The standard InChI is InChI=1S/C29H30BrN5O7.C17H18N2O7.C12H14BrN3O/c1-13-3-6-22(30)31-28(13)32-29(39)25-17-7-15(17)9-34(25)23(38)10-35-19-5-4-16(8-18(19)24(33-35)14(2)36)42-21-12-41-26-20(37)11-40-27(21)26;1-8(20)15-10-4-9(2-3-11(10)19(18-15)5-14(22)23)26-13-7-25-16-12(21)6-24-17(13)16;1-6-2-3-9(13)15-11(6)16-12(17)10-8-4-7(8)5-14-10/h3-6,8,15,17,20-21,25-27,37H,7,9-12H2,1-2H3,(H,31,32,39);2-4,12-13,16-17,21H,5-7H2,1H3,(H,22,23);2-3,7-8,10,14H,4-5H2,1H3,(H,15,16,17)/t15-,17-,20-,21-,25+,26-,27-;12-,13-,16-,17-;7-,8-,10+/m111/s1. The molecule has 3 amide bonds. The third kappa shape index (κ3) is 12.1. The number of carbonyl (C=O) groups excluding carboxylic acids is 5. The summed E-state index contributed by atoms with van der Waals surface area (Å²) in [6.07, 6.45) is -1.54. The Kier molecular flexibility index (Phi) is 16.4. The Balaban J connectivity index is 0.000000139. The van der Waals surface area contributed by atoms with Gasteiger partial charge >= 0.3 is 5.97 Å². The fraction of sp³-hybridized carbons (Fsp3) is 0.483. The molecule has 6 aromatic rings. The number of pyridine rings is 2. The number of likely N-dealkylation sites (tertiary alicyclic amines) is 1. The molecule has 10 heterocycles. The highest BCUT2D eigenvalue weighted by molar-refractivity contribution is 9.10. The lowest BCUT2D eigenvalue weighted by Gasteiger charge is -2.27. The lowest BCUT2D eigenvalue weighted by molar-refractivity contribution is -0.138. The van der Waals surface area contributed by atoms with Crippen LogP contribution in [0.5, 0.6) is 11.5 Å². The first-order chi connectivity index (χ1) is 40.8. The summed E-state index contributed by atoms with van der Waals surface area (Å²) in [4.78, 5) is 84.8. The lowest BCUT2D eigenvalue weighted by atomic mass is 10.1. The quantitative estimate of drug-likeness (QED) is 0.0662. The van der Waals surface area contributed by atoms with Crippen molar-refractivity contribution in [2.75, 3.05) is 50.2 Å². The minimum atomic E-state index is -1.05. The Bertz CT molecular complexity index is 3660. The van der Waals surface area contributed by atoms with E-state index in [1.165, 1.54) is 29.6 Å². The van der Waals surface area contributed by atoms with Crippen LogP contribution in [-0.4, -0.2) is 185 Å². The van der Waals surface area contributed by atoms with Gasteiger partial charge in [-0.15, -0.1) is 0 Å². The Morgan fingerprint density at radius 1 is 0.647 bits per heavy atom. The molecule has 14 atom stereocenters. The van der Waals surface area contributed by atoms with Crippen LogP contribution in [0.1, 0.15) is 58.8 Å². The summed E-state index contributed by atoms with van der Waals surface area (Å²) in [6.45, 7) is 8.63. The van der Waals surface area contributed by atoms with Gasteiger partial charge in [0.1, 0.15) is 99.5 Å². The number of ether oxygens (including phenoxy) is 6. The van der Waals surface area contributed by atoms with Crippen LogP contribution in [-0.2, 0) is 51.2 Å². The van der Waals surface area contributed by atoms with Crippen molar-refractivity contribution >= 4 is 101 Å². The van der Waals surface area contributed by atoms with Crippen LogP contribution in [0.2, 0.25) is 0 Å². The van der Waals surface area contributed by atoms with Crippen LogP contribution in [0, 0.1) is 37.5 Å². The number of aryl methyl sites for hydroxylation is 2. The second-order valence-electron chi connectivity index (χ2n) is 22.8. The number of amides is 3. The van der Waals surface area contributed by atoms with E-state index in [2.05, 4.69) is 68.0 Å². The van der Waals surface area contributed by atoms with Gasteiger partial charge < -0.3 is 64.6 Å². The van der Waals surface area contributed by atoms with Gasteiger partial charge in [0.25, 0.3) is 0 Å². The molecule has 6 N–H and O–H groups in total. The number of ketones is 2. The molecule has 448 valence electrons. The molecule has 0 bridgehead atoms. The lowest BCUT2D eigenvalue weighted by Crippen LogP contribution is -2.47. The molecule has 2 saturated carbocycles. The number of piperidine rings is 2. The van der Waals surface area contributed by atoms with Crippen molar-refractivity contribution in [1.29, 1.82) is 0 Å². The van der Waals surface area contributed by atoms with E-state index in [0.29, 0.717) is 74.5 Å². The molecule has 6 aliphatic heterocycles. The van der Waals surface area contributed by atoms with Gasteiger partial charge in [0.15, 0.2) is 23.8 Å². The van der Waals surface area contributed by atoms with E-state index in [9.17, 15) is 39.0 Å². The number of Topliss-reactive ketones (excluding diaryl/α,β-unsaturated/α-hetero) is 2. The number of carboxylic acids is 1. The molecule has 8 aliphatic rings. The highest BCUT2D eigenvalue weighted by atomic mass is 79.9. The van der Waals surface area contributed by atoms with Crippen molar-refractivity contribution in [1.82, 2.24) is 39.7 Å². The number of carboxylic acid groups (broad SMARTS) is 1. The maximum Gasteiger partial charge on any atom is 0.325 e. The van der Waals surface area contributed by atoms with Crippen molar-refractivity contribution in [3.63, 3.8) is 0 Å². The zero-order chi connectivity index (χ0) is 59.7. The highest BCUT2D eigenvalue weighted by Crippen LogP contribution is 2.50. The van der Waals surface area contributed by atoms with E-state index in [4.69, 9.17) is 33.5 Å². The third-order valence-corrected chi connectivity index (χ3v) is 17.7. The minimum Gasteiger partial charge on any atom is -0.485 e. The Hall–Kier alpha value is -6.82. The third-order valence-electron chi connectivity index (χ3n) is 16.9. The monoisotopic (exact) mass is 1300 g/mol. The zero-order valence-electron chi connectivity index (χ0n) is 46.6. The summed E-state index contributed by atoms with van der Waals surface area (Å²) in [5, 5.41) is 47.6. The van der Waals surface area contributed by atoms with Gasteiger partial charge in [0.05, 0.1) is 43.5 Å². The van der Waals surface area contributed by atoms with Gasteiger partial charge in [-0.25, -0.2) is 9.97 Å². The van der Waals surface area contributed by atoms with E-state index in [1.807, 2.05) is 32.0 Å². The molecule has 25 nitrogen and oxygen atoms in total. The molecule has 0 spiro atoms. The van der Waals surface area contributed by atoms with Gasteiger partial charge in [-0.3, -0.25) is 38.1 Å². The molecule has 8 fully saturated rings. The second-order valence-corrected chi connectivity index (χ2v) is 24.4. The predicted molar refractivity (Wildman–Crippen MR) is 308 cm³/mol. The van der Waals surface area contributed by atoms with Crippen molar-refractivity contribution in [3.8, 4) is 11.5 Å². The normalized spacial score (nSPS) is 29.0. The summed E-state index contributed by atoms with van der Waals surface area (Å²) < 4.78 is 38.6. The predicted octanol–water partition coefficient (Wildman–Crippen LogP) is 4.02. The summed E-state index contributed by atoms with van der Waals surface area (Å²) in [6, 6.07) is 17.1. The van der Waals surface area contributed by atoms with E-state index < -0.39 is 42.5 Å². The summed E-state index contributed by atoms with van der Waals surface area (Å²) in [5.74, 6) is 1.79. The molecule has 4 aromatic heterocycles. The van der Waals surface area contributed by atoms with E-state index >= 15 is 0 Å². The number of nitrogens with one attached hydrogen (secondary N) is 3. The molecule has 6 saturated heterocycles. The number of hydrogen-bond acceptors (Lipinski definition) is 19. The topological polar surface area (TPSA) is 319 Å². The van der Waals surface area contributed by atoms with Crippen molar-refractivity contribution in [2.45, 2.75) is 115 Å². The first kappa shape index (κ1) is 58.6. The number of anilines is 2. The number of aliphatic carboxylic acids is 1. The fourth-order valence-electron chi connectivity index (χ4n) is 12.3. The van der Waals surface area contributed by atoms with Crippen LogP contribution in [0.4, 0.5) is 11.6 Å². The highest BCUT2D eigenvalue weighted by Gasteiger charge is 2.57. The average Bonchev–Trinajstić information content (AvgIpc) is 1.83. The number of rotatable bonds is 14. The largest absolute Gasteiger partial charge is 0.485 e. The maximum absolute atomic E-state index is 13.6. The van der Waals surface area contributed by atoms with Crippen LogP contribution in [0.15, 0.2) is 69.9 Å². The smallest absolute Gasteiger partial charge is 0.325 e. The van der Waals surface area contributed by atoms with Crippen LogP contribution >= 0.6 is 31.9 Å². The van der Waals surface area contributed by atoms with E-state index in [1.54, 1.807) is 47.4 Å². The van der Waals surface area contributed by atoms with Gasteiger partial charge in [0, 0.05) is 31.2 Å². The molecule has 85 heavy (non-hydrogen) atoms. The molecule has 0 unspecified atom stereocenters. The maximum atomic E-state index is 13.6. The SMILES string of the molecule is CC(=O)c1nn(CC(=O)N2C[C@H]3C[C@H]3[C@H]2C(=O)Nc2nc(Br)ccc2C)c2ccc(O[C@@H]3CO[C@H]4[C@@H]3OC[C@H]4O)cc12.CC(=O)c1nn(CC(=O)O)c2ccc(O[C@@H]3CO[C@H]4[C@@H]3OC[C@H]4O)cc12.Cc1ccc(Br)nc1NC(=O)[C@H]1NC[C@H]2C[C@H]21. The summed E-state index contributed by atoms with van der Waals surface area (Å²) >= 11 is 6.66. The zero-order valence-corrected chi connectivity index (χ0v) is 49.7. The number of nitrogens with zero attached hydrogens (tertiary/aromatic N) is 7. The second kappa shape index (κ2) is 23.8. The average molecular weight is 1300 g/mol. The molecule has 14 rings (SSSR count). The van der Waals surface area contributed by atoms with Crippen molar-refractivity contribution < 1.29 is 72.5 Å². The van der Waals surface area contributed by atoms with Gasteiger partial charge in [-0.05, 0) is 148 Å². The summed E-state index contributed by atoms with van der Waals surface area (Å²) in [5.41, 5.74) is 3.37. The number of aromatic nitrogens is 6. The van der Waals surface area contributed by atoms with Gasteiger partial charge in [0.2, 0.25) is 17.7 Å². The van der Waals surface area contributed by atoms with E-state index in [0.717, 1.165) is 34.6 Å². The molecular weight excluding hydrogens is 1240 g/mol. The molecular formula is C58H62Br2N10O15. The van der Waals surface area contributed by atoms with Crippen LogP contribution < -0.4 is 25.4 Å². The first-order valence-corrected chi connectivity index (χ1v) is 29.7. The molecule has 27 heteroatoms. The van der Waals surface area contributed by atoms with E-state index in [-0.39, 0.29) is 104 Å². The Morgan fingerprint density at radius 2 is 1.14 bits per heavy atom. The number of benzene rings is 2. The number of halogens is 2. The fourth-order valence-corrected chi connectivity index (χ4v) is 13.0. The van der Waals surface area contributed by atoms with Crippen molar-refractivity contribution in [3.05, 3.63) is 92.4 Å².